The molecule has 0 spiro atoms. The molecule has 1 atom stereocenters. The molecule has 1 aromatic rings. The van der Waals surface area contributed by atoms with Gasteiger partial charge in [-0.05, 0) is 6.07 Å². The predicted octanol–water partition coefficient (Wildman–Crippen LogP) is 1.61. The standard InChI is InChI=1S/C9H10FNO4/c1-15-9-3-2-6(11(13)14)4-7(9)8(12)5-10/h2-4,8,12H,5H2,1H3. The molecule has 1 aromatic carbocycles. The Hall–Kier alpha value is -1.69. The normalized spacial score (nSPS) is 12.2. The zero-order chi connectivity index (χ0) is 11.4. The third kappa shape index (κ3) is 2.41. The van der Waals surface area contributed by atoms with Gasteiger partial charge in [-0.25, -0.2) is 4.39 Å². The van der Waals surface area contributed by atoms with E-state index in [9.17, 15) is 19.6 Å². The molecular formula is C9H10FNO4. The fourth-order valence-corrected chi connectivity index (χ4v) is 1.18. The number of non-ortho nitro benzene ring substituents is 1. The van der Waals surface area contributed by atoms with Crippen molar-refractivity contribution in [3.8, 4) is 5.75 Å². The lowest BCUT2D eigenvalue weighted by Gasteiger charge is -2.11. The highest BCUT2D eigenvalue weighted by atomic mass is 19.1. The van der Waals surface area contributed by atoms with Crippen LogP contribution in [0.15, 0.2) is 18.2 Å². The van der Waals surface area contributed by atoms with Gasteiger partial charge in [0.1, 0.15) is 18.5 Å². The van der Waals surface area contributed by atoms with Crippen LogP contribution in [-0.4, -0.2) is 23.8 Å². The third-order valence-corrected chi connectivity index (χ3v) is 1.93. The van der Waals surface area contributed by atoms with E-state index in [-0.39, 0.29) is 17.0 Å². The SMILES string of the molecule is COc1ccc([N+](=O)[O-])cc1C(O)CF. The first kappa shape index (κ1) is 11.4. The minimum absolute atomic E-state index is 0.0780. The van der Waals surface area contributed by atoms with Crippen molar-refractivity contribution in [1.29, 1.82) is 0 Å². The second kappa shape index (κ2) is 4.70. The summed E-state index contributed by atoms with van der Waals surface area (Å²) in [7, 11) is 1.34. The minimum Gasteiger partial charge on any atom is -0.496 e. The lowest BCUT2D eigenvalue weighted by Crippen LogP contribution is -2.03. The van der Waals surface area contributed by atoms with Crippen LogP contribution in [0.3, 0.4) is 0 Å². The molecule has 1 rings (SSSR count). The zero-order valence-electron chi connectivity index (χ0n) is 8.01. The largest absolute Gasteiger partial charge is 0.496 e. The Morgan fingerprint density at radius 2 is 2.33 bits per heavy atom. The molecule has 6 heteroatoms. The van der Waals surface area contributed by atoms with Crippen LogP contribution in [-0.2, 0) is 0 Å². The Morgan fingerprint density at radius 3 is 2.80 bits per heavy atom. The number of rotatable bonds is 4. The summed E-state index contributed by atoms with van der Waals surface area (Å²) in [5.41, 5.74) is -0.132. The van der Waals surface area contributed by atoms with Crippen LogP contribution in [0.4, 0.5) is 10.1 Å². The summed E-state index contributed by atoms with van der Waals surface area (Å²) in [5, 5.41) is 19.7. The Morgan fingerprint density at radius 1 is 1.67 bits per heavy atom. The van der Waals surface area contributed by atoms with Crippen molar-refractivity contribution in [2.24, 2.45) is 0 Å². The van der Waals surface area contributed by atoms with E-state index in [0.717, 1.165) is 6.07 Å². The number of benzene rings is 1. The van der Waals surface area contributed by atoms with Gasteiger partial charge in [0, 0.05) is 17.7 Å². The molecule has 15 heavy (non-hydrogen) atoms. The number of methoxy groups -OCH3 is 1. The van der Waals surface area contributed by atoms with E-state index in [4.69, 9.17) is 4.74 Å². The summed E-state index contributed by atoms with van der Waals surface area (Å²) in [4.78, 5) is 9.84. The molecule has 0 saturated heterocycles. The van der Waals surface area contributed by atoms with Gasteiger partial charge < -0.3 is 9.84 Å². The molecule has 0 radical (unpaired) electrons. The first-order valence-corrected chi connectivity index (χ1v) is 4.16. The molecule has 0 aliphatic rings. The summed E-state index contributed by atoms with van der Waals surface area (Å²) < 4.78 is 17.1. The van der Waals surface area contributed by atoms with Crippen molar-refractivity contribution in [2.75, 3.05) is 13.8 Å². The number of alkyl halides is 1. The number of aliphatic hydroxyl groups excluding tert-OH is 1. The molecule has 82 valence electrons. The number of nitro groups is 1. The van der Waals surface area contributed by atoms with E-state index in [0.29, 0.717) is 0 Å². The first-order chi connectivity index (χ1) is 7.10. The lowest BCUT2D eigenvalue weighted by molar-refractivity contribution is -0.385. The fraction of sp³-hybridized carbons (Fsp3) is 0.333. The topological polar surface area (TPSA) is 72.6 Å². The molecule has 0 amide bonds. The molecule has 0 heterocycles. The van der Waals surface area contributed by atoms with E-state index >= 15 is 0 Å². The quantitative estimate of drug-likeness (QED) is 0.611. The maximum Gasteiger partial charge on any atom is 0.270 e. The number of ether oxygens (including phenoxy) is 1. The molecule has 0 fully saturated rings. The predicted molar refractivity (Wildman–Crippen MR) is 50.6 cm³/mol. The summed E-state index contributed by atoms with van der Waals surface area (Å²) in [6.07, 6.45) is -1.40. The Balaban J connectivity index is 3.18. The molecule has 1 unspecified atom stereocenters. The first-order valence-electron chi connectivity index (χ1n) is 4.16. The molecule has 0 saturated carbocycles. The average molecular weight is 215 g/mol. The van der Waals surface area contributed by atoms with Gasteiger partial charge >= 0.3 is 0 Å². The molecule has 1 N–H and O–H groups in total. The van der Waals surface area contributed by atoms with Gasteiger partial charge in [-0.2, -0.15) is 0 Å². The van der Waals surface area contributed by atoms with Crippen LogP contribution in [0.2, 0.25) is 0 Å². The number of halogens is 1. The lowest BCUT2D eigenvalue weighted by atomic mass is 10.1. The molecule has 0 aromatic heterocycles. The Kier molecular flexibility index (Phi) is 3.56. The van der Waals surface area contributed by atoms with Gasteiger partial charge in [0.05, 0.1) is 12.0 Å². The Labute approximate surface area is 85.3 Å². The summed E-state index contributed by atoms with van der Waals surface area (Å²) in [6.45, 7) is -1.02. The van der Waals surface area contributed by atoms with Gasteiger partial charge in [-0.1, -0.05) is 0 Å². The Bertz CT molecular complexity index is 369. The highest BCUT2D eigenvalue weighted by Gasteiger charge is 2.17. The summed E-state index contributed by atoms with van der Waals surface area (Å²) in [6, 6.07) is 3.66. The van der Waals surface area contributed by atoms with Crippen LogP contribution in [0.1, 0.15) is 11.7 Å². The highest BCUT2D eigenvalue weighted by Crippen LogP contribution is 2.29. The molecule has 0 bridgehead atoms. The van der Waals surface area contributed by atoms with Crippen LogP contribution in [0.25, 0.3) is 0 Å². The minimum atomic E-state index is -1.40. The van der Waals surface area contributed by atoms with Crippen LogP contribution in [0.5, 0.6) is 5.75 Å². The smallest absolute Gasteiger partial charge is 0.270 e. The monoisotopic (exact) mass is 215 g/mol. The van der Waals surface area contributed by atoms with Gasteiger partial charge in [-0.3, -0.25) is 10.1 Å². The van der Waals surface area contributed by atoms with E-state index in [1.54, 1.807) is 0 Å². The fourth-order valence-electron chi connectivity index (χ4n) is 1.18. The molecule has 0 aliphatic carbocycles. The van der Waals surface area contributed by atoms with E-state index in [2.05, 4.69) is 0 Å². The maximum absolute atomic E-state index is 12.2. The molecular weight excluding hydrogens is 205 g/mol. The van der Waals surface area contributed by atoms with Crippen LogP contribution >= 0.6 is 0 Å². The van der Waals surface area contributed by atoms with Crippen molar-refractivity contribution in [2.45, 2.75) is 6.10 Å². The second-order valence-corrected chi connectivity index (χ2v) is 2.85. The second-order valence-electron chi connectivity index (χ2n) is 2.85. The number of hydrogen-bond acceptors (Lipinski definition) is 4. The number of nitro benzene ring substituents is 1. The summed E-state index contributed by atoms with van der Waals surface area (Å²) >= 11 is 0. The van der Waals surface area contributed by atoms with Crippen LogP contribution < -0.4 is 4.74 Å². The van der Waals surface area contributed by atoms with Crippen molar-refractivity contribution in [3.05, 3.63) is 33.9 Å². The zero-order valence-corrected chi connectivity index (χ0v) is 8.01. The molecule has 0 aliphatic heterocycles. The van der Waals surface area contributed by atoms with E-state index in [1.807, 2.05) is 0 Å². The number of nitrogens with zero attached hydrogens (tertiary/aromatic N) is 1. The van der Waals surface area contributed by atoms with Gasteiger partial charge in [0.2, 0.25) is 0 Å². The average Bonchev–Trinajstić information content (AvgIpc) is 2.27. The van der Waals surface area contributed by atoms with Crippen LogP contribution in [0, 0.1) is 10.1 Å². The third-order valence-electron chi connectivity index (χ3n) is 1.93. The number of hydrogen-bond donors (Lipinski definition) is 1. The molecule has 5 nitrogen and oxygen atoms in total. The highest BCUT2D eigenvalue weighted by molar-refractivity contribution is 5.44. The van der Waals surface area contributed by atoms with E-state index < -0.39 is 17.7 Å². The van der Waals surface area contributed by atoms with Gasteiger partial charge in [-0.15, -0.1) is 0 Å². The van der Waals surface area contributed by atoms with Crippen molar-refractivity contribution >= 4 is 5.69 Å². The van der Waals surface area contributed by atoms with E-state index in [1.165, 1.54) is 19.2 Å². The summed E-state index contributed by atoms with van der Waals surface area (Å²) in [5.74, 6) is 0.228. The maximum atomic E-state index is 12.2. The van der Waals surface area contributed by atoms with Gasteiger partial charge in [0.15, 0.2) is 0 Å². The van der Waals surface area contributed by atoms with Crippen molar-refractivity contribution in [1.82, 2.24) is 0 Å². The number of aliphatic hydroxyl groups is 1. The van der Waals surface area contributed by atoms with Gasteiger partial charge in [0.25, 0.3) is 5.69 Å². The van der Waals surface area contributed by atoms with Crippen molar-refractivity contribution in [3.63, 3.8) is 0 Å². The van der Waals surface area contributed by atoms with Crippen molar-refractivity contribution < 1.29 is 19.2 Å².